The zero-order valence-corrected chi connectivity index (χ0v) is 12.7. The highest BCUT2D eigenvalue weighted by molar-refractivity contribution is 5.81. The van der Waals surface area contributed by atoms with E-state index in [0.717, 1.165) is 0 Å². The number of ether oxygens (including phenoxy) is 1. The van der Waals surface area contributed by atoms with Gasteiger partial charge >= 0.3 is 0 Å². The molecular formula is C15H23FN2O2. The predicted octanol–water partition coefficient (Wildman–Crippen LogP) is 2.40. The molecule has 0 aliphatic carbocycles. The minimum absolute atomic E-state index is 0.0741. The molecule has 0 bridgehead atoms. The molecule has 2 unspecified atom stereocenters. The molecule has 0 spiro atoms. The Labute approximate surface area is 119 Å². The van der Waals surface area contributed by atoms with Gasteiger partial charge < -0.3 is 10.1 Å². The van der Waals surface area contributed by atoms with Crippen LogP contribution in [-0.2, 0) is 4.79 Å². The Morgan fingerprint density at radius 3 is 2.45 bits per heavy atom. The van der Waals surface area contributed by atoms with Crippen molar-refractivity contribution in [2.45, 2.75) is 45.8 Å². The van der Waals surface area contributed by atoms with E-state index < -0.39 is 6.04 Å². The maximum atomic E-state index is 13.9. The second kappa shape index (κ2) is 7.24. The van der Waals surface area contributed by atoms with Crippen molar-refractivity contribution in [1.29, 1.82) is 0 Å². The minimum atomic E-state index is -0.420. The number of carbonyl (C=O) groups is 1. The van der Waals surface area contributed by atoms with Gasteiger partial charge in [-0.05, 0) is 39.8 Å². The number of hydrogen-bond donors (Lipinski definition) is 2. The Morgan fingerprint density at radius 2 is 1.90 bits per heavy atom. The molecule has 5 heteroatoms. The molecule has 0 heterocycles. The van der Waals surface area contributed by atoms with Crippen molar-refractivity contribution in [1.82, 2.24) is 10.6 Å². The quantitative estimate of drug-likeness (QED) is 0.842. The first-order valence-corrected chi connectivity index (χ1v) is 6.75. The number of methoxy groups -OCH3 is 1. The third-order valence-electron chi connectivity index (χ3n) is 2.99. The van der Waals surface area contributed by atoms with E-state index >= 15 is 0 Å². The molecule has 2 atom stereocenters. The van der Waals surface area contributed by atoms with Crippen molar-refractivity contribution in [2.24, 2.45) is 0 Å². The molecule has 0 saturated heterocycles. The van der Waals surface area contributed by atoms with Crippen molar-refractivity contribution in [2.75, 3.05) is 7.11 Å². The molecule has 0 aliphatic rings. The first-order valence-electron chi connectivity index (χ1n) is 6.75. The van der Waals surface area contributed by atoms with Crippen LogP contribution in [0.4, 0.5) is 4.39 Å². The predicted molar refractivity (Wildman–Crippen MR) is 77.2 cm³/mol. The fraction of sp³-hybridized carbons (Fsp3) is 0.533. The van der Waals surface area contributed by atoms with Gasteiger partial charge in [-0.1, -0.05) is 6.07 Å². The van der Waals surface area contributed by atoms with Crippen LogP contribution in [0.3, 0.4) is 0 Å². The second-order valence-corrected chi connectivity index (χ2v) is 5.13. The van der Waals surface area contributed by atoms with Crippen LogP contribution in [0.2, 0.25) is 0 Å². The lowest BCUT2D eigenvalue weighted by atomic mass is 10.1. The number of nitrogens with one attached hydrogen (secondary N) is 2. The van der Waals surface area contributed by atoms with Gasteiger partial charge in [0.2, 0.25) is 5.91 Å². The maximum absolute atomic E-state index is 13.9. The van der Waals surface area contributed by atoms with E-state index in [2.05, 4.69) is 10.6 Å². The smallest absolute Gasteiger partial charge is 0.237 e. The van der Waals surface area contributed by atoms with Crippen LogP contribution in [0.15, 0.2) is 18.2 Å². The van der Waals surface area contributed by atoms with Gasteiger partial charge in [-0.15, -0.1) is 0 Å². The summed E-state index contributed by atoms with van der Waals surface area (Å²) in [4.78, 5) is 11.9. The van der Waals surface area contributed by atoms with Crippen molar-refractivity contribution in [3.05, 3.63) is 29.6 Å². The van der Waals surface area contributed by atoms with Gasteiger partial charge in [-0.25, -0.2) is 4.39 Å². The highest BCUT2D eigenvalue weighted by atomic mass is 19.1. The summed E-state index contributed by atoms with van der Waals surface area (Å²) >= 11 is 0. The van der Waals surface area contributed by atoms with Gasteiger partial charge in [0.15, 0.2) is 0 Å². The van der Waals surface area contributed by atoms with E-state index in [-0.39, 0.29) is 23.8 Å². The molecule has 2 N–H and O–H groups in total. The van der Waals surface area contributed by atoms with Crippen molar-refractivity contribution >= 4 is 5.91 Å². The van der Waals surface area contributed by atoms with Crippen LogP contribution in [0.1, 0.15) is 39.3 Å². The van der Waals surface area contributed by atoms with Gasteiger partial charge in [-0.3, -0.25) is 10.1 Å². The number of rotatable bonds is 6. The molecule has 1 aromatic rings. The highest BCUT2D eigenvalue weighted by Crippen LogP contribution is 2.27. The number of hydrogen-bond acceptors (Lipinski definition) is 3. The highest BCUT2D eigenvalue weighted by Gasteiger charge is 2.21. The van der Waals surface area contributed by atoms with Crippen LogP contribution in [0.25, 0.3) is 0 Å². The van der Waals surface area contributed by atoms with E-state index in [4.69, 9.17) is 4.74 Å². The summed E-state index contributed by atoms with van der Waals surface area (Å²) in [6.07, 6.45) is 0. The lowest BCUT2D eigenvalue weighted by molar-refractivity contribution is -0.123. The maximum Gasteiger partial charge on any atom is 0.237 e. The molecular weight excluding hydrogens is 259 g/mol. The van der Waals surface area contributed by atoms with Crippen molar-refractivity contribution in [3.63, 3.8) is 0 Å². The minimum Gasteiger partial charge on any atom is -0.496 e. The Kier molecular flexibility index (Phi) is 5.95. The van der Waals surface area contributed by atoms with Crippen LogP contribution < -0.4 is 15.4 Å². The number of halogens is 1. The summed E-state index contributed by atoms with van der Waals surface area (Å²) in [6.45, 7) is 7.35. The SMILES string of the molecule is COc1cccc(F)c1C(C)NC(C)C(=O)NC(C)C. The summed E-state index contributed by atoms with van der Waals surface area (Å²) in [5.74, 6) is 0.0180. The van der Waals surface area contributed by atoms with E-state index in [1.807, 2.05) is 13.8 Å². The topological polar surface area (TPSA) is 50.4 Å². The molecule has 4 nitrogen and oxygen atoms in total. The zero-order chi connectivity index (χ0) is 15.3. The van der Waals surface area contributed by atoms with Gasteiger partial charge in [0.05, 0.1) is 13.2 Å². The third-order valence-corrected chi connectivity index (χ3v) is 2.99. The first-order chi connectivity index (χ1) is 9.36. The van der Waals surface area contributed by atoms with Crippen LogP contribution in [0.5, 0.6) is 5.75 Å². The normalized spacial score (nSPS) is 13.9. The van der Waals surface area contributed by atoms with Gasteiger partial charge in [0.1, 0.15) is 11.6 Å². The molecule has 1 aromatic carbocycles. The Bertz CT molecular complexity index is 463. The van der Waals surface area contributed by atoms with E-state index in [1.165, 1.54) is 13.2 Å². The van der Waals surface area contributed by atoms with Crippen LogP contribution in [0, 0.1) is 5.82 Å². The van der Waals surface area contributed by atoms with Crippen LogP contribution >= 0.6 is 0 Å². The molecule has 1 amide bonds. The third kappa shape index (κ3) is 4.20. The molecule has 112 valence electrons. The zero-order valence-electron chi connectivity index (χ0n) is 12.7. The van der Waals surface area contributed by atoms with Crippen LogP contribution in [-0.4, -0.2) is 25.1 Å². The second-order valence-electron chi connectivity index (χ2n) is 5.13. The summed E-state index contributed by atoms with van der Waals surface area (Å²) < 4.78 is 19.1. The fourth-order valence-corrected chi connectivity index (χ4v) is 2.06. The molecule has 0 aromatic heterocycles. The summed E-state index contributed by atoms with van der Waals surface area (Å²) in [6, 6.07) is 4.00. The Hall–Kier alpha value is -1.62. The molecule has 0 aliphatic heterocycles. The lowest BCUT2D eigenvalue weighted by Crippen LogP contribution is -2.45. The molecule has 0 saturated carbocycles. The Balaban J connectivity index is 2.81. The average molecular weight is 282 g/mol. The molecule has 20 heavy (non-hydrogen) atoms. The van der Waals surface area contributed by atoms with Gasteiger partial charge in [0.25, 0.3) is 0 Å². The Morgan fingerprint density at radius 1 is 1.25 bits per heavy atom. The molecule has 0 radical (unpaired) electrons. The fourth-order valence-electron chi connectivity index (χ4n) is 2.06. The standard InChI is InChI=1S/C15H23FN2O2/c1-9(2)17-15(19)11(4)18-10(3)14-12(16)7-6-8-13(14)20-5/h6-11,18H,1-5H3,(H,17,19). The largest absolute Gasteiger partial charge is 0.496 e. The number of amides is 1. The van der Waals surface area contributed by atoms with Crippen molar-refractivity contribution < 1.29 is 13.9 Å². The first kappa shape index (κ1) is 16.4. The van der Waals surface area contributed by atoms with E-state index in [9.17, 15) is 9.18 Å². The molecule has 0 fully saturated rings. The lowest BCUT2D eigenvalue weighted by Gasteiger charge is -2.22. The number of carbonyl (C=O) groups excluding carboxylic acids is 1. The molecule has 1 rings (SSSR count). The number of benzene rings is 1. The van der Waals surface area contributed by atoms with Gasteiger partial charge in [-0.2, -0.15) is 0 Å². The monoisotopic (exact) mass is 282 g/mol. The summed E-state index contributed by atoms with van der Waals surface area (Å²) in [7, 11) is 1.50. The summed E-state index contributed by atoms with van der Waals surface area (Å²) in [5, 5.41) is 5.90. The van der Waals surface area contributed by atoms with Crippen molar-refractivity contribution in [3.8, 4) is 5.75 Å². The van der Waals surface area contributed by atoms with E-state index in [0.29, 0.717) is 11.3 Å². The summed E-state index contributed by atoms with van der Waals surface area (Å²) in [5.41, 5.74) is 0.430. The average Bonchev–Trinajstić information content (AvgIpc) is 2.37. The van der Waals surface area contributed by atoms with Gasteiger partial charge in [0, 0.05) is 17.6 Å². The van der Waals surface area contributed by atoms with E-state index in [1.54, 1.807) is 26.0 Å².